The Morgan fingerprint density at radius 2 is 1.77 bits per heavy atom. The number of esters is 1. The van der Waals surface area contributed by atoms with Crippen molar-refractivity contribution in [1.82, 2.24) is 0 Å². The first kappa shape index (κ1) is 24.0. The molecule has 0 aliphatic rings. The van der Waals surface area contributed by atoms with Gasteiger partial charge in [0.05, 0.1) is 25.4 Å². The first-order chi connectivity index (χ1) is 14.9. The van der Waals surface area contributed by atoms with E-state index in [0.29, 0.717) is 40.8 Å². The molecule has 1 amide bonds. The molecule has 0 saturated heterocycles. The van der Waals surface area contributed by atoms with Crippen molar-refractivity contribution in [2.24, 2.45) is 0 Å². The fourth-order valence-corrected chi connectivity index (χ4v) is 3.85. The highest BCUT2D eigenvalue weighted by Crippen LogP contribution is 2.34. The van der Waals surface area contributed by atoms with Crippen LogP contribution in [0, 0.1) is 25.2 Å². The van der Waals surface area contributed by atoms with Crippen molar-refractivity contribution in [2.45, 2.75) is 34.6 Å². The van der Waals surface area contributed by atoms with Gasteiger partial charge in [-0.25, -0.2) is 4.79 Å². The largest absolute Gasteiger partial charge is 0.490 e. The van der Waals surface area contributed by atoms with Crippen LogP contribution < -0.4 is 14.8 Å². The van der Waals surface area contributed by atoms with Crippen LogP contribution >= 0.6 is 11.3 Å². The van der Waals surface area contributed by atoms with Crippen molar-refractivity contribution < 1.29 is 23.8 Å². The topological polar surface area (TPSA) is 97.7 Å². The summed E-state index contributed by atoms with van der Waals surface area (Å²) in [5, 5.41) is 12.6. The summed E-state index contributed by atoms with van der Waals surface area (Å²) in [6.45, 7) is 10.3. The van der Waals surface area contributed by atoms with E-state index >= 15 is 0 Å². The molecule has 0 aliphatic heterocycles. The molecule has 0 saturated carbocycles. The molecule has 0 fully saturated rings. The number of ether oxygens (including phenoxy) is 3. The van der Waals surface area contributed by atoms with Crippen molar-refractivity contribution in [1.29, 1.82) is 5.26 Å². The van der Waals surface area contributed by atoms with E-state index in [9.17, 15) is 14.9 Å². The predicted octanol–water partition coefficient (Wildman–Crippen LogP) is 4.88. The van der Waals surface area contributed by atoms with Crippen LogP contribution in [0.2, 0.25) is 0 Å². The number of rotatable bonds is 9. The molecular weight excluding hydrogens is 416 g/mol. The predicted molar refractivity (Wildman–Crippen MR) is 121 cm³/mol. The van der Waals surface area contributed by atoms with Gasteiger partial charge < -0.3 is 19.5 Å². The fourth-order valence-electron chi connectivity index (χ4n) is 2.81. The van der Waals surface area contributed by atoms with Gasteiger partial charge in [0, 0.05) is 4.88 Å². The van der Waals surface area contributed by atoms with Gasteiger partial charge in [-0.15, -0.1) is 11.3 Å². The summed E-state index contributed by atoms with van der Waals surface area (Å²) in [7, 11) is 0. The van der Waals surface area contributed by atoms with Gasteiger partial charge in [0.25, 0.3) is 5.91 Å². The van der Waals surface area contributed by atoms with Crippen LogP contribution in [-0.2, 0) is 9.53 Å². The highest BCUT2D eigenvalue weighted by atomic mass is 32.1. The van der Waals surface area contributed by atoms with Crippen molar-refractivity contribution in [3.8, 4) is 17.6 Å². The molecular formula is C23H26N2O5S. The third kappa shape index (κ3) is 5.86. The lowest BCUT2D eigenvalue weighted by atomic mass is 10.1. The van der Waals surface area contributed by atoms with Crippen LogP contribution in [0.5, 0.6) is 11.5 Å². The van der Waals surface area contributed by atoms with Gasteiger partial charge in [0.15, 0.2) is 11.5 Å². The van der Waals surface area contributed by atoms with E-state index in [1.165, 1.54) is 17.4 Å². The molecule has 2 aromatic rings. The second-order valence-electron chi connectivity index (χ2n) is 6.40. The maximum absolute atomic E-state index is 12.8. The number of carbonyl (C=O) groups is 2. The van der Waals surface area contributed by atoms with Crippen LogP contribution in [0.25, 0.3) is 6.08 Å². The first-order valence-electron chi connectivity index (χ1n) is 9.96. The fraction of sp³-hybridized carbons (Fsp3) is 0.348. The van der Waals surface area contributed by atoms with Gasteiger partial charge in [-0.1, -0.05) is 6.07 Å². The molecule has 0 aliphatic carbocycles. The molecule has 0 bridgehead atoms. The second-order valence-corrected chi connectivity index (χ2v) is 7.63. The number of nitrogens with zero attached hydrogens (tertiary/aromatic N) is 1. The Labute approximate surface area is 186 Å². The normalized spacial score (nSPS) is 10.9. The third-order valence-electron chi connectivity index (χ3n) is 4.34. The number of carbonyl (C=O) groups excluding carboxylic acids is 2. The van der Waals surface area contributed by atoms with E-state index in [1.54, 1.807) is 32.0 Å². The molecule has 0 unspecified atom stereocenters. The summed E-state index contributed by atoms with van der Waals surface area (Å²) >= 11 is 1.27. The smallest absolute Gasteiger partial charge is 0.341 e. The van der Waals surface area contributed by atoms with Crippen LogP contribution in [0.3, 0.4) is 0 Å². The van der Waals surface area contributed by atoms with Crippen LogP contribution in [0.1, 0.15) is 47.1 Å². The van der Waals surface area contributed by atoms with E-state index in [2.05, 4.69) is 5.32 Å². The molecule has 1 aromatic carbocycles. The Balaban J connectivity index is 2.34. The minimum absolute atomic E-state index is 0.106. The number of nitrogens with one attached hydrogen (secondary N) is 1. The molecule has 8 heteroatoms. The Morgan fingerprint density at radius 1 is 1.10 bits per heavy atom. The molecule has 0 spiro atoms. The Hall–Kier alpha value is -3.31. The minimum atomic E-state index is -0.610. The van der Waals surface area contributed by atoms with E-state index in [0.717, 1.165) is 10.4 Å². The molecule has 2 rings (SSSR count). The van der Waals surface area contributed by atoms with Gasteiger partial charge in [0.1, 0.15) is 16.6 Å². The molecule has 0 radical (unpaired) electrons. The summed E-state index contributed by atoms with van der Waals surface area (Å²) in [6, 6.07) is 7.11. The number of benzene rings is 1. The monoisotopic (exact) mass is 442 g/mol. The number of nitriles is 1. The van der Waals surface area contributed by atoms with Gasteiger partial charge in [0.2, 0.25) is 0 Å². The van der Waals surface area contributed by atoms with Crippen molar-refractivity contribution >= 4 is 34.3 Å². The van der Waals surface area contributed by atoms with Crippen LogP contribution in [0.15, 0.2) is 23.8 Å². The zero-order chi connectivity index (χ0) is 23.0. The van der Waals surface area contributed by atoms with Crippen molar-refractivity contribution in [3.05, 3.63) is 45.3 Å². The Kier molecular flexibility index (Phi) is 8.64. The van der Waals surface area contributed by atoms with E-state index < -0.39 is 11.9 Å². The maximum atomic E-state index is 12.8. The van der Waals surface area contributed by atoms with Crippen molar-refractivity contribution in [3.63, 3.8) is 0 Å². The standard InChI is InChI=1S/C23H26N2O5S/c1-6-28-18-10-9-16(12-19(18)29-7-2)11-17(13-24)21(26)25-22-20(23(27)30-8-3)14(4)15(5)31-22/h9-12H,6-8H2,1-5H3,(H,25,26)/b17-11+. The molecule has 1 N–H and O–H groups in total. The zero-order valence-corrected chi connectivity index (χ0v) is 19.1. The van der Waals surface area contributed by atoms with E-state index in [1.807, 2.05) is 26.8 Å². The average molecular weight is 443 g/mol. The number of hydrogen-bond donors (Lipinski definition) is 1. The zero-order valence-electron chi connectivity index (χ0n) is 18.3. The lowest BCUT2D eigenvalue weighted by Gasteiger charge is -2.11. The summed E-state index contributed by atoms with van der Waals surface area (Å²) in [5.74, 6) is 0.00845. The summed E-state index contributed by atoms with van der Waals surface area (Å²) < 4.78 is 16.2. The Morgan fingerprint density at radius 3 is 2.39 bits per heavy atom. The number of amides is 1. The molecule has 1 aromatic heterocycles. The average Bonchev–Trinajstić information content (AvgIpc) is 3.01. The van der Waals surface area contributed by atoms with Crippen molar-refractivity contribution in [2.75, 3.05) is 25.1 Å². The minimum Gasteiger partial charge on any atom is -0.490 e. The van der Waals surface area contributed by atoms with Gasteiger partial charge in [-0.3, -0.25) is 4.79 Å². The molecule has 1 heterocycles. The third-order valence-corrected chi connectivity index (χ3v) is 5.46. The van der Waals surface area contributed by atoms with Crippen LogP contribution in [0.4, 0.5) is 5.00 Å². The molecule has 0 atom stereocenters. The van der Waals surface area contributed by atoms with Crippen LogP contribution in [-0.4, -0.2) is 31.7 Å². The first-order valence-corrected chi connectivity index (χ1v) is 10.8. The quantitative estimate of drug-likeness (QED) is 0.337. The van der Waals surface area contributed by atoms with Gasteiger partial charge in [-0.2, -0.15) is 5.26 Å². The highest BCUT2D eigenvalue weighted by molar-refractivity contribution is 7.16. The number of anilines is 1. The van der Waals surface area contributed by atoms with E-state index in [-0.39, 0.29) is 12.2 Å². The number of aryl methyl sites for hydroxylation is 1. The highest BCUT2D eigenvalue weighted by Gasteiger charge is 2.23. The SMILES string of the molecule is CCOC(=O)c1c(NC(=O)/C(C#N)=C/c2ccc(OCC)c(OCC)c2)sc(C)c1C. The molecule has 164 valence electrons. The number of thiophene rings is 1. The Bertz CT molecular complexity index is 1030. The summed E-state index contributed by atoms with van der Waals surface area (Å²) in [4.78, 5) is 26.0. The van der Waals surface area contributed by atoms with Gasteiger partial charge in [-0.05, 0) is 64.0 Å². The lowest BCUT2D eigenvalue weighted by molar-refractivity contribution is -0.112. The molecule has 31 heavy (non-hydrogen) atoms. The van der Waals surface area contributed by atoms with Gasteiger partial charge >= 0.3 is 5.97 Å². The second kappa shape index (κ2) is 11.2. The maximum Gasteiger partial charge on any atom is 0.341 e. The number of hydrogen-bond acceptors (Lipinski definition) is 7. The summed E-state index contributed by atoms with van der Waals surface area (Å²) in [6.07, 6.45) is 1.46. The summed E-state index contributed by atoms with van der Waals surface area (Å²) in [5.41, 5.74) is 1.57. The molecule has 7 nitrogen and oxygen atoms in total. The van der Waals surface area contributed by atoms with E-state index in [4.69, 9.17) is 14.2 Å². The lowest BCUT2D eigenvalue weighted by Crippen LogP contribution is -2.16.